The monoisotopic (exact) mass is 489 g/mol. The van der Waals surface area contributed by atoms with Crippen LogP contribution in [-0.4, -0.2) is 27.2 Å². The van der Waals surface area contributed by atoms with Crippen LogP contribution in [0.4, 0.5) is 0 Å². The zero-order valence-electron chi connectivity index (χ0n) is 20.1. The predicted octanol–water partition coefficient (Wildman–Crippen LogP) is 3.49. The summed E-state index contributed by atoms with van der Waals surface area (Å²) in [5.74, 6) is 0.637. The molecule has 36 heavy (non-hydrogen) atoms. The first-order chi connectivity index (χ1) is 17.3. The maximum absolute atomic E-state index is 12.9. The third-order valence-electron chi connectivity index (χ3n) is 6.31. The Labute approximate surface area is 208 Å². The highest BCUT2D eigenvalue weighted by Crippen LogP contribution is 2.34. The number of hydrogen-bond donors (Lipinski definition) is 1. The number of primary amides is 1. The van der Waals surface area contributed by atoms with E-state index in [0.29, 0.717) is 30.2 Å². The number of nitrogens with zero attached hydrogens (tertiary/aromatic N) is 2. The van der Waals surface area contributed by atoms with Crippen LogP contribution in [0.5, 0.6) is 11.6 Å². The second kappa shape index (κ2) is 9.41. The van der Waals surface area contributed by atoms with E-state index in [-0.39, 0.29) is 5.88 Å². The van der Waals surface area contributed by atoms with Crippen LogP contribution in [0, 0.1) is 0 Å². The maximum Gasteiger partial charge on any atom is 0.351 e. The van der Waals surface area contributed by atoms with Crippen molar-refractivity contribution in [3.8, 4) is 22.9 Å². The van der Waals surface area contributed by atoms with Gasteiger partial charge in [0.15, 0.2) is 17.5 Å². The smallest absolute Gasteiger partial charge is 0.351 e. The zero-order valence-corrected chi connectivity index (χ0v) is 20.1. The average Bonchev–Trinajstić information content (AvgIpc) is 2.87. The summed E-state index contributed by atoms with van der Waals surface area (Å²) in [4.78, 5) is 28.8. The largest absolute Gasteiger partial charge is 0.478 e. The molecule has 0 saturated carbocycles. The highest BCUT2D eigenvalue weighted by atomic mass is 16.6. The average molecular weight is 490 g/mol. The Kier molecular flexibility index (Phi) is 6.13. The number of rotatable bonds is 7. The molecule has 0 saturated heterocycles. The van der Waals surface area contributed by atoms with E-state index in [9.17, 15) is 9.59 Å². The molecule has 3 heterocycles. The Morgan fingerprint density at radius 1 is 1.22 bits per heavy atom. The fraction of sp³-hybridized carbons (Fsp3) is 0.296. The lowest BCUT2D eigenvalue weighted by molar-refractivity contribution is -0.130. The minimum absolute atomic E-state index is 0.189. The van der Waals surface area contributed by atoms with Crippen molar-refractivity contribution in [3.63, 3.8) is 0 Å². The van der Waals surface area contributed by atoms with Crippen LogP contribution < -0.4 is 20.9 Å². The minimum atomic E-state index is -1.14. The summed E-state index contributed by atoms with van der Waals surface area (Å²) in [7, 11) is 0. The number of nitrogens with two attached hydrogens (primary N) is 1. The molecular weight excluding hydrogens is 462 g/mol. The van der Waals surface area contributed by atoms with Crippen LogP contribution in [0.25, 0.3) is 11.3 Å². The van der Waals surface area contributed by atoms with Crippen LogP contribution in [-0.2, 0) is 27.2 Å². The molecule has 0 bridgehead atoms. The Bertz CT molecular complexity index is 1380. The normalized spacial score (nSPS) is 16.9. The van der Waals surface area contributed by atoms with Crippen molar-refractivity contribution in [2.24, 2.45) is 5.73 Å². The summed E-state index contributed by atoms with van der Waals surface area (Å²) >= 11 is 0. The van der Waals surface area contributed by atoms with Gasteiger partial charge in [-0.3, -0.25) is 9.36 Å². The maximum atomic E-state index is 12.9. The van der Waals surface area contributed by atoms with E-state index >= 15 is 0 Å². The van der Waals surface area contributed by atoms with Gasteiger partial charge in [-0.25, -0.2) is 4.79 Å². The standard InChI is InChI=1S/C27H27N3O6/c1-27(2,25(28)31)36-19-8-9-20-18(14-19)10-11-30-21(20)15-23(29-26(30)32)35-24(17-6-4-3-5-7-17)22-16-33-12-13-34-22/h3-4,6,8-9,12-16,24H,5,7,10-11H2,1-2H3,(H2,28,31). The number of ether oxygens (including phenoxy) is 4. The van der Waals surface area contributed by atoms with E-state index in [0.717, 1.165) is 29.5 Å². The molecule has 1 aromatic heterocycles. The lowest BCUT2D eigenvalue weighted by atomic mass is 9.97. The van der Waals surface area contributed by atoms with Crippen LogP contribution >= 0.6 is 0 Å². The Morgan fingerprint density at radius 2 is 2.08 bits per heavy atom. The quantitative estimate of drug-likeness (QED) is 0.633. The lowest BCUT2D eigenvalue weighted by Gasteiger charge is -2.27. The van der Waals surface area contributed by atoms with Crippen molar-refractivity contribution in [2.45, 2.75) is 51.4 Å². The van der Waals surface area contributed by atoms with E-state index in [1.807, 2.05) is 24.3 Å². The number of amides is 1. The highest BCUT2D eigenvalue weighted by Gasteiger charge is 2.29. The van der Waals surface area contributed by atoms with Gasteiger partial charge in [0.05, 0.1) is 5.69 Å². The molecule has 5 rings (SSSR count). The van der Waals surface area contributed by atoms with E-state index in [1.54, 1.807) is 30.5 Å². The summed E-state index contributed by atoms with van der Waals surface area (Å²) in [6, 6.07) is 7.27. The van der Waals surface area contributed by atoms with Gasteiger partial charge >= 0.3 is 5.69 Å². The summed E-state index contributed by atoms with van der Waals surface area (Å²) in [5, 5.41) is 0. The number of aromatic nitrogens is 2. The molecule has 2 aromatic rings. The van der Waals surface area contributed by atoms with Crippen LogP contribution in [0.15, 0.2) is 77.4 Å². The SMILES string of the molecule is CC(C)(Oc1ccc2c(c1)CCn1c-2cc(OC(C2=CC=CCC2)C2=COC=CO2)nc1=O)C(N)=O. The number of allylic oxidation sites excluding steroid dienone is 3. The van der Waals surface area contributed by atoms with Gasteiger partial charge in [0.1, 0.15) is 24.5 Å². The van der Waals surface area contributed by atoms with Crippen molar-refractivity contribution in [3.05, 3.63) is 88.7 Å². The molecule has 2 aliphatic heterocycles. The highest BCUT2D eigenvalue weighted by molar-refractivity contribution is 5.83. The van der Waals surface area contributed by atoms with Crippen LogP contribution in [0.3, 0.4) is 0 Å². The van der Waals surface area contributed by atoms with E-state index in [2.05, 4.69) is 11.1 Å². The van der Waals surface area contributed by atoms with Crippen molar-refractivity contribution in [1.29, 1.82) is 0 Å². The number of aryl methyl sites for hydroxylation is 1. The van der Waals surface area contributed by atoms with Gasteiger partial charge in [-0.05, 0) is 62.4 Å². The fourth-order valence-electron chi connectivity index (χ4n) is 4.32. The van der Waals surface area contributed by atoms with Gasteiger partial charge in [0.2, 0.25) is 5.88 Å². The zero-order chi connectivity index (χ0) is 25.3. The Morgan fingerprint density at radius 3 is 2.81 bits per heavy atom. The number of carbonyl (C=O) groups is 1. The van der Waals surface area contributed by atoms with Crippen LogP contribution in [0.1, 0.15) is 32.3 Å². The summed E-state index contributed by atoms with van der Waals surface area (Å²) < 4.78 is 24.6. The molecule has 0 fully saturated rings. The third-order valence-corrected chi connectivity index (χ3v) is 6.31. The van der Waals surface area contributed by atoms with E-state index in [4.69, 9.17) is 24.7 Å². The van der Waals surface area contributed by atoms with Crippen LogP contribution in [0.2, 0.25) is 0 Å². The second-order valence-corrected chi connectivity index (χ2v) is 9.21. The Balaban J connectivity index is 1.48. The molecule has 3 aliphatic rings. The van der Waals surface area contributed by atoms with Gasteiger partial charge in [0.25, 0.3) is 5.91 Å². The Hall–Kier alpha value is -4.27. The number of carbonyl (C=O) groups excluding carboxylic acids is 1. The molecule has 9 heteroatoms. The predicted molar refractivity (Wildman–Crippen MR) is 132 cm³/mol. The first kappa shape index (κ1) is 23.5. The lowest BCUT2D eigenvalue weighted by Crippen LogP contribution is -2.43. The van der Waals surface area contributed by atoms with E-state index < -0.39 is 23.3 Å². The van der Waals surface area contributed by atoms with Crippen molar-refractivity contribution >= 4 is 5.91 Å². The molecule has 1 aliphatic carbocycles. The molecule has 0 spiro atoms. The van der Waals surface area contributed by atoms with Gasteiger partial charge in [0, 0.05) is 18.2 Å². The van der Waals surface area contributed by atoms with Crippen molar-refractivity contribution in [2.75, 3.05) is 0 Å². The summed E-state index contributed by atoms with van der Waals surface area (Å²) in [6.45, 7) is 3.71. The molecule has 1 aromatic carbocycles. The van der Waals surface area contributed by atoms with Gasteiger partial charge in [-0.2, -0.15) is 4.98 Å². The van der Waals surface area contributed by atoms with Gasteiger partial charge in [-0.15, -0.1) is 0 Å². The number of hydrogen-bond acceptors (Lipinski definition) is 7. The molecule has 1 atom stereocenters. The fourth-order valence-corrected chi connectivity index (χ4v) is 4.32. The minimum Gasteiger partial charge on any atom is -0.478 e. The van der Waals surface area contributed by atoms with Gasteiger partial charge < -0.3 is 24.7 Å². The van der Waals surface area contributed by atoms with Gasteiger partial charge in [-0.1, -0.05) is 18.2 Å². The number of benzene rings is 1. The first-order valence-corrected chi connectivity index (χ1v) is 11.8. The second-order valence-electron chi connectivity index (χ2n) is 9.21. The topological polar surface area (TPSA) is 115 Å². The van der Waals surface area contributed by atoms with Crippen molar-refractivity contribution < 1.29 is 23.7 Å². The molecule has 1 amide bonds. The molecule has 9 nitrogen and oxygen atoms in total. The van der Waals surface area contributed by atoms with E-state index in [1.165, 1.54) is 18.8 Å². The molecule has 186 valence electrons. The molecule has 1 unspecified atom stereocenters. The molecular formula is C27H27N3O6. The third kappa shape index (κ3) is 4.64. The van der Waals surface area contributed by atoms with Crippen molar-refractivity contribution in [1.82, 2.24) is 9.55 Å². The molecule has 0 radical (unpaired) electrons. The summed E-state index contributed by atoms with van der Waals surface area (Å²) in [6.07, 6.45) is 12.1. The summed E-state index contributed by atoms with van der Waals surface area (Å²) in [5.41, 5.74) is 7.44. The number of fused-ring (bicyclic) bond motifs is 3. The first-order valence-electron chi connectivity index (χ1n) is 11.8. The molecule has 2 N–H and O–H groups in total.